The second-order valence-electron chi connectivity index (χ2n) is 6.39. The summed E-state index contributed by atoms with van der Waals surface area (Å²) in [6.07, 6.45) is 3.68. The highest BCUT2D eigenvalue weighted by Crippen LogP contribution is 2.29. The molecule has 0 aliphatic carbocycles. The van der Waals surface area contributed by atoms with E-state index >= 15 is 0 Å². The Labute approximate surface area is 146 Å². The van der Waals surface area contributed by atoms with Crippen LogP contribution in [0.25, 0.3) is 16.5 Å². The van der Waals surface area contributed by atoms with E-state index in [9.17, 15) is 14.3 Å². The Morgan fingerprint density at radius 1 is 1.40 bits per heavy atom. The van der Waals surface area contributed by atoms with Crippen molar-refractivity contribution < 1.29 is 19.6 Å². The molecule has 1 aromatic carbocycles. The monoisotopic (exact) mass is 346 g/mol. The molecule has 0 bridgehead atoms. The Kier molecular flexibility index (Phi) is 5.20. The van der Waals surface area contributed by atoms with Crippen LogP contribution in [0.4, 0.5) is 4.39 Å². The van der Waals surface area contributed by atoms with E-state index in [-0.39, 0.29) is 30.3 Å². The van der Waals surface area contributed by atoms with Gasteiger partial charge in [-0.3, -0.25) is 4.79 Å². The predicted molar refractivity (Wildman–Crippen MR) is 95.3 cm³/mol. The molecule has 4 N–H and O–H groups in total. The molecule has 1 aliphatic rings. The van der Waals surface area contributed by atoms with Crippen LogP contribution in [-0.2, 0) is 4.79 Å². The third kappa shape index (κ3) is 3.32. The maximum Gasteiger partial charge on any atom is 0.235 e. The number of nitrogens with zero attached hydrogens (tertiary/aromatic N) is 1. The number of aromatic nitrogens is 1. The van der Waals surface area contributed by atoms with Crippen molar-refractivity contribution in [3.05, 3.63) is 41.9 Å². The van der Waals surface area contributed by atoms with Crippen molar-refractivity contribution >= 4 is 22.4 Å². The number of aromatic amines is 1. The van der Waals surface area contributed by atoms with Gasteiger partial charge in [-0.15, -0.1) is 0 Å². The Hall–Kier alpha value is -2.18. The Morgan fingerprint density at radius 2 is 2.16 bits per heavy atom. The largest absolute Gasteiger partial charge is 0.390 e. The number of nitrogens with one attached hydrogen (secondary N) is 1. The number of rotatable bonds is 5. The van der Waals surface area contributed by atoms with Gasteiger partial charge in [-0.05, 0) is 32.0 Å². The van der Waals surface area contributed by atoms with Crippen molar-refractivity contribution in [1.82, 2.24) is 9.88 Å². The third-order valence-electron chi connectivity index (χ3n) is 4.98. The first-order chi connectivity index (χ1) is 12.1. The topological polar surface area (TPSA) is 72.9 Å². The van der Waals surface area contributed by atoms with Gasteiger partial charge in [0.05, 0.1) is 18.7 Å². The van der Waals surface area contributed by atoms with Crippen molar-refractivity contribution in [2.24, 2.45) is 5.92 Å². The van der Waals surface area contributed by atoms with Crippen LogP contribution in [0.1, 0.15) is 19.4 Å². The van der Waals surface area contributed by atoms with E-state index in [1.54, 1.807) is 6.20 Å². The number of aliphatic hydroxyl groups is 1. The molecule has 0 spiro atoms. The molecule has 0 saturated carbocycles. The summed E-state index contributed by atoms with van der Waals surface area (Å²) in [7, 11) is 0. The molecule has 5 nitrogen and oxygen atoms in total. The van der Waals surface area contributed by atoms with Crippen molar-refractivity contribution in [3.63, 3.8) is 0 Å². The fourth-order valence-electron chi connectivity index (χ4n) is 3.61. The van der Waals surface area contributed by atoms with Crippen LogP contribution in [0.3, 0.4) is 0 Å². The molecule has 6 heteroatoms. The highest BCUT2D eigenvalue weighted by atomic mass is 19.1. The number of hydrogen-bond acceptors (Lipinski definition) is 2. The number of hydrogen-bond donors (Lipinski definition) is 3. The molecule has 0 saturated heterocycles. The van der Waals surface area contributed by atoms with Gasteiger partial charge in [0, 0.05) is 35.8 Å². The van der Waals surface area contributed by atoms with Crippen molar-refractivity contribution in [1.29, 1.82) is 0 Å². The molecule has 134 valence electrons. The van der Waals surface area contributed by atoms with E-state index in [4.69, 9.17) is 0 Å². The van der Waals surface area contributed by atoms with Gasteiger partial charge in [-0.25, -0.2) is 4.39 Å². The van der Waals surface area contributed by atoms with E-state index in [0.29, 0.717) is 25.2 Å². The predicted octanol–water partition coefficient (Wildman–Crippen LogP) is 1.11. The van der Waals surface area contributed by atoms with Crippen LogP contribution >= 0.6 is 0 Å². The van der Waals surface area contributed by atoms with E-state index < -0.39 is 0 Å². The first-order valence-corrected chi connectivity index (χ1v) is 8.80. The quantitative estimate of drug-likeness (QED) is 0.759. The van der Waals surface area contributed by atoms with Gasteiger partial charge in [0.25, 0.3) is 0 Å². The van der Waals surface area contributed by atoms with Crippen LogP contribution < -0.4 is 5.32 Å². The minimum Gasteiger partial charge on any atom is -0.390 e. The van der Waals surface area contributed by atoms with E-state index in [1.165, 1.54) is 12.1 Å². The normalized spacial score (nSPS) is 20.6. The molecule has 3 rings (SSSR count). The van der Waals surface area contributed by atoms with Crippen molar-refractivity contribution in [3.8, 4) is 0 Å². The third-order valence-corrected chi connectivity index (χ3v) is 4.98. The van der Waals surface area contributed by atoms with E-state index in [0.717, 1.165) is 16.5 Å². The first-order valence-electron chi connectivity index (χ1n) is 8.80. The van der Waals surface area contributed by atoms with Crippen LogP contribution in [0, 0.1) is 11.7 Å². The highest BCUT2D eigenvalue weighted by Gasteiger charge is 2.32. The average molecular weight is 346 g/mol. The zero-order valence-corrected chi connectivity index (χ0v) is 14.6. The molecule has 2 heterocycles. The number of quaternary nitrogens is 1. The van der Waals surface area contributed by atoms with E-state index in [2.05, 4.69) is 4.98 Å². The lowest BCUT2D eigenvalue weighted by Crippen LogP contribution is -2.93. The molecular weight excluding hydrogens is 321 g/mol. The van der Waals surface area contributed by atoms with Crippen LogP contribution in [0.5, 0.6) is 0 Å². The molecule has 1 aliphatic heterocycles. The number of carbonyl (C=O) groups is 1. The smallest absolute Gasteiger partial charge is 0.235 e. The van der Waals surface area contributed by atoms with Crippen molar-refractivity contribution in [2.45, 2.75) is 19.9 Å². The maximum atomic E-state index is 14.1. The van der Waals surface area contributed by atoms with Crippen LogP contribution in [0.15, 0.2) is 30.5 Å². The molecule has 1 aromatic heterocycles. The lowest BCUT2D eigenvalue weighted by Gasteiger charge is -2.29. The summed E-state index contributed by atoms with van der Waals surface area (Å²) in [6, 6.07) is 4.58. The van der Waals surface area contributed by atoms with Gasteiger partial charge in [-0.1, -0.05) is 6.08 Å². The van der Waals surface area contributed by atoms with Gasteiger partial charge in [0.15, 0.2) is 0 Å². The number of H-pyrrole nitrogens is 1. The lowest BCUT2D eigenvalue weighted by atomic mass is 9.89. The number of carbonyl (C=O) groups excluding carboxylic acids is 1. The minimum absolute atomic E-state index is 0.0588. The number of benzene rings is 1. The fourth-order valence-corrected chi connectivity index (χ4v) is 3.61. The minimum atomic E-state index is -0.322. The van der Waals surface area contributed by atoms with Gasteiger partial charge < -0.3 is 20.3 Å². The highest BCUT2D eigenvalue weighted by molar-refractivity contribution is 5.94. The van der Waals surface area contributed by atoms with E-state index in [1.807, 2.05) is 36.2 Å². The second kappa shape index (κ2) is 7.37. The summed E-state index contributed by atoms with van der Waals surface area (Å²) in [5.74, 6) is -0.517. The fraction of sp³-hybridized carbons (Fsp3) is 0.421. The molecule has 0 fully saturated rings. The summed E-state index contributed by atoms with van der Waals surface area (Å²) >= 11 is 0. The number of nitrogens with two attached hydrogens (primary N) is 1. The SMILES string of the molecule is CCN(CC)C(=O)C1C=C(c2cc(F)cc3cc[nH]c23)C(CO)[NH2+]C1. The Bertz CT molecular complexity index is 795. The average Bonchev–Trinajstić information content (AvgIpc) is 3.09. The standard InChI is InChI=1S/C19H24FN3O2/c1-3-23(4-2)19(25)13-8-15(17(11-24)22-10-13)16-9-14(20)7-12-5-6-21-18(12)16/h5-9,13,17,21-22,24H,3-4,10-11H2,1-2H3/p+1. The van der Waals surface area contributed by atoms with Crippen molar-refractivity contribution in [2.75, 3.05) is 26.2 Å². The summed E-state index contributed by atoms with van der Waals surface area (Å²) < 4.78 is 14.1. The van der Waals surface area contributed by atoms with Crippen LogP contribution in [-0.4, -0.2) is 53.2 Å². The molecule has 1 amide bonds. The zero-order chi connectivity index (χ0) is 18.0. The molecule has 2 aromatic rings. The summed E-state index contributed by atoms with van der Waals surface area (Å²) in [5, 5.41) is 12.5. The summed E-state index contributed by atoms with van der Waals surface area (Å²) in [6.45, 7) is 5.79. The number of aliphatic hydroxyl groups excluding tert-OH is 1. The van der Waals surface area contributed by atoms with Gasteiger partial charge >= 0.3 is 0 Å². The molecule has 25 heavy (non-hydrogen) atoms. The molecule has 0 radical (unpaired) electrons. The van der Waals surface area contributed by atoms with Crippen LogP contribution in [0.2, 0.25) is 0 Å². The Morgan fingerprint density at radius 3 is 2.84 bits per heavy atom. The number of amides is 1. The lowest BCUT2D eigenvalue weighted by molar-refractivity contribution is -0.682. The second-order valence-corrected chi connectivity index (χ2v) is 6.39. The number of halogens is 1. The Balaban J connectivity index is 2.06. The zero-order valence-electron chi connectivity index (χ0n) is 14.6. The number of fused-ring (bicyclic) bond motifs is 1. The molecular formula is C19H25FN3O2+. The maximum absolute atomic E-state index is 14.1. The van der Waals surface area contributed by atoms with Gasteiger partial charge in [0.2, 0.25) is 5.91 Å². The molecule has 2 unspecified atom stereocenters. The first kappa shape index (κ1) is 17.6. The summed E-state index contributed by atoms with van der Waals surface area (Å²) in [5.41, 5.74) is 2.36. The van der Waals surface area contributed by atoms with Gasteiger partial charge in [0.1, 0.15) is 17.8 Å². The summed E-state index contributed by atoms with van der Waals surface area (Å²) in [4.78, 5) is 17.7. The molecule has 2 atom stereocenters. The van der Waals surface area contributed by atoms with Gasteiger partial charge in [-0.2, -0.15) is 0 Å².